The summed E-state index contributed by atoms with van der Waals surface area (Å²) in [6, 6.07) is 0. The highest BCUT2D eigenvalue weighted by molar-refractivity contribution is 8.69. The average molecular weight is 239 g/mol. The van der Waals surface area contributed by atoms with Crippen molar-refractivity contribution in [3.05, 3.63) is 0 Å². The van der Waals surface area contributed by atoms with Crippen LogP contribution in [0.25, 0.3) is 0 Å². The van der Waals surface area contributed by atoms with Gasteiger partial charge in [-0.25, -0.2) is 0 Å². The molecule has 84 valence electrons. The second kappa shape index (κ2) is 5.95. The van der Waals surface area contributed by atoms with Crippen LogP contribution in [0, 0.1) is 0 Å². The van der Waals surface area contributed by atoms with E-state index in [1.807, 2.05) is 0 Å². The molecule has 1 rings (SSSR count). The summed E-state index contributed by atoms with van der Waals surface area (Å²) in [5, 5.41) is 0. The lowest BCUT2D eigenvalue weighted by Gasteiger charge is -2.13. The topological polar surface area (TPSA) is 57.6 Å². The summed E-state index contributed by atoms with van der Waals surface area (Å²) in [6.45, 7) is 3.43. The van der Waals surface area contributed by atoms with Gasteiger partial charge in [0.1, 0.15) is 0 Å². The minimum atomic E-state index is -3.82. The summed E-state index contributed by atoms with van der Waals surface area (Å²) in [5.41, 5.74) is 0. The number of hydrogen-bond acceptors (Lipinski definition) is 4. The van der Waals surface area contributed by atoms with Gasteiger partial charge in [0.05, 0.1) is 0 Å². The summed E-state index contributed by atoms with van der Waals surface area (Å²) in [5.74, 6) is 0.493. The fourth-order valence-corrected chi connectivity index (χ4v) is 3.13. The summed E-state index contributed by atoms with van der Waals surface area (Å²) in [6.07, 6.45) is 4.45. The summed E-state index contributed by atoms with van der Waals surface area (Å²) >= 11 is 0. The Kier molecular flexibility index (Phi) is 5.22. The first kappa shape index (κ1) is 12.3. The van der Waals surface area contributed by atoms with Gasteiger partial charge in [-0.2, -0.15) is 8.42 Å². The van der Waals surface area contributed by atoms with Crippen LogP contribution in [0.2, 0.25) is 0 Å². The van der Waals surface area contributed by atoms with Crippen LogP contribution in [0.5, 0.6) is 0 Å². The molecule has 1 heterocycles. The van der Waals surface area contributed by atoms with Crippen molar-refractivity contribution in [1.82, 2.24) is 4.90 Å². The van der Waals surface area contributed by atoms with Crippen LogP contribution in [0.4, 0.5) is 0 Å². The van der Waals surface area contributed by atoms with Crippen molar-refractivity contribution < 1.29 is 13.0 Å². The third-order valence-corrected chi connectivity index (χ3v) is 4.45. The SMILES string of the molecule is O=S(=O)(O)SCCCCN1CCCC1. The number of rotatable bonds is 6. The van der Waals surface area contributed by atoms with Gasteiger partial charge < -0.3 is 4.90 Å². The average Bonchev–Trinajstić information content (AvgIpc) is 2.54. The molecule has 0 amide bonds. The summed E-state index contributed by atoms with van der Waals surface area (Å²) in [4.78, 5) is 2.40. The highest BCUT2D eigenvalue weighted by Gasteiger charge is 2.10. The zero-order valence-corrected chi connectivity index (χ0v) is 9.82. The van der Waals surface area contributed by atoms with E-state index in [1.54, 1.807) is 0 Å². The molecule has 1 aliphatic heterocycles. The van der Waals surface area contributed by atoms with Crippen molar-refractivity contribution in [2.45, 2.75) is 25.7 Å². The third kappa shape index (κ3) is 5.85. The highest BCUT2D eigenvalue weighted by atomic mass is 33.1. The monoisotopic (exact) mass is 239 g/mol. The number of unbranched alkanes of at least 4 members (excludes halogenated alkanes) is 1. The van der Waals surface area contributed by atoms with Crippen LogP contribution in [-0.4, -0.2) is 43.3 Å². The largest absolute Gasteiger partial charge is 0.319 e. The molecule has 1 fully saturated rings. The van der Waals surface area contributed by atoms with E-state index in [4.69, 9.17) is 4.55 Å². The van der Waals surface area contributed by atoms with E-state index < -0.39 is 9.15 Å². The molecule has 6 heteroatoms. The normalized spacial score (nSPS) is 18.9. The molecule has 0 unspecified atom stereocenters. The molecular formula is C8H17NO3S2. The molecule has 0 saturated carbocycles. The zero-order chi connectivity index (χ0) is 10.4. The van der Waals surface area contributed by atoms with E-state index >= 15 is 0 Å². The van der Waals surface area contributed by atoms with Crippen molar-refractivity contribution in [2.75, 3.05) is 25.4 Å². The minimum absolute atomic E-state index is 0.493. The predicted octanol–water partition coefficient (Wildman–Crippen LogP) is 1.40. The Morgan fingerprint density at radius 1 is 1.21 bits per heavy atom. The molecule has 1 saturated heterocycles. The lowest BCUT2D eigenvalue weighted by molar-refractivity contribution is 0.333. The van der Waals surface area contributed by atoms with E-state index in [0.717, 1.165) is 19.4 Å². The van der Waals surface area contributed by atoms with E-state index in [0.29, 0.717) is 16.5 Å². The number of nitrogens with zero attached hydrogens (tertiary/aromatic N) is 1. The van der Waals surface area contributed by atoms with Crippen molar-refractivity contribution in [3.8, 4) is 0 Å². The fourth-order valence-electron chi connectivity index (χ4n) is 1.61. The first-order valence-corrected chi connectivity index (χ1v) is 7.86. The minimum Gasteiger partial charge on any atom is -0.303 e. The zero-order valence-electron chi connectivity index (χ0n) is 8.18. The van der Waals surface area contributed by atoms with Gasteiger partial charge in [-0.1, -0.05) is 0 Å². The molecule has 0 radical (unpaired) electrons. The summed E-state index contributed by atoms with van der Waals surface area (Å²) in [7, 11) is -3.20. The molecule has 0 aromatic carbocycles. The van der Waals surface area contributed by atoms with Gasteiger partial charge >= 0.3 is 9.15 Å². The van der Waals surface area contributed by atoms with Crippen LogP contribution >= 0.6 is 10.8 Å². The Bertz CT molecular complexity index is 247. The van der Waals surface area contributed by atoms with Gasteiger partial charge in [-0.3, -0.25) is 4.55 Å². The van der Waals surface area contributed by atoms with E-state index in [-0.39, 0.29) is 0 Å². The molecule has 14 heavy (non-hydrogen) atoms. The van der Waals surface area contributed by atoms with Gasteiger partial charge in [0.2, 0.25) is 0 Å². The Labute approximate surface area is 89.2 Å². The second-order valence-corrected chi connectivity index (χ2v) is 6.98. The van der Waals surface area contributed by atoms with Gasteiger partial charge in [-0.05, 0) is 56.1 Å². The van der Waals surface area contributed by atoms with Crippen molar-refractivity contribution in [2.24, 2.45) is 0 Å². The maximum atomic E-state index is 10.4. The second-order valence-electron chi connectivity index (χ2n) is 3.51. The molecule has 0 aromatic heterocycles. The van der Waals surface area contributed by atoms with Gasteiger partial charge in [0.15, 0.2) is 0 Å². The van der Waals surface area contributed by atoms with Gasteiger partial charge in [-0.15, -0.1) is 0 Å². The van der Waals surface area contributed by atoms with Crippen LogP contribution in [0.1, 0.15) is 25.7 Å². The maximum absolute atomic E-state index is 10.4. The number of likely N-dealkylation sites (tertiary alicyclic amines) is 1. The predicted molar refractivity (Wildman–Crippen MR) is 58.9 cm³/mol. The smallest absolute Gasteiger partial charge is 0.303 e. The Morgan fingerprint density at radius 2 is 1.86 bits per heavy atom. The van der Waals surface area contributed by atoms with Gasteiger partial charge in [0, 0.05) is 5.75 Å². The quantitative estimate of drug-likeness (QED) is 0.431. The van der Waals surface area contributed by atoms with Crippen LogP contribution < -0.4 is 0 Å². The van der Waals surface area contributed by atoms with Crippen molar-refractivity contribution in [1.29, 1.82) is 0 Å². The fraction of sp³-hybridized carbons (Fsp3) is 1.00. The van der Waals surface area contributed by atoms with E-state index in [9.17, 15) is 8.42 Å². The first-order valence-electron chi connectivity index (χ1n) is 4.92. The summed E-state index contributed by atoms with van der Waals surface area (Å²) < 4.78 is 29.2. The third-order valence-electron chi connectivity index (χ3n) is 2.30. The molecular weight excluding hydrogens is 222 g/mol. The van der Waals surface area contributed by atoms with Gasteiger partial charge in [0.25, 0.3) is 0 Å². The molecule has 0 bridgehead atoms. The lowest BCUT2D eigenvalue weighted by atomic mass is 10.3. The highest BCUT2D eigenvalue weighted by Crippen LogP contribution is 2.13. The standard InChI is InChI=1S/C8H17NO3S2/c10-14(11,12)13-8-4-3-7-9-5-1-2-6-9/h1-8H2,(H,10,11,12). The molecule has 0 atom stereocenters. The Morgan fingerprint density at radius 3 is 2.43 bits per heavy atom. The van der Waals surface area contributed by atoms with E-state index in [1.165, 1.54) is 25.9 Å². The number of hydrogen-bond donors (Lipinski definition) is 1. The molecule has 1 N–H and O–H groups in total. The Hall–Kier alpha value is 0.220. The van der Waals surface area contributed by atoms with Crippen LogP contribution in [-0.2, 0) is 9.15 Å². The molecule has 0 aromatic rings. The first-order chi connectivity index (χ1) is 6.58. The molecule has 0 aliphatic carbocycles. The van der Waals surface area contributed by atoms with Crippen molar-refractivity contribution >= 4 is 19.9 Å². The van der Waals surface area contributed by atoms with Crippen LogP contribution in [0.3, 0.4) is 0 Å². The molecule has 4 nitrogen and oxygen atoms in total. The molecule has 1 aliphatic rings. The maximum Gasteiger partial charge on any atom is 0.319 e. The van der Waals surface area contributed by atoms with Crippen molar-refractivity contribution in [3.63, 3.8) is 0 Å². The lowest BCUT2D eigenvalue weighted by Crippen LogP contribution is -2.20. The van der Waals surface area contributed by atoms with E-state index in [2.05, 4.69) is 4.90 Å². The Balaban J connectivity index is 1.94. The molecule has 0 spiro atoms. The van der Waals surface area contributed by atoms with Crippen LogP contribution in [0.15, 0.2) is 0 Å².